The quantitative estimate of drug-likeness (QED) is 0.164. The molecule has 12 aromatic rings. The van der Waals surface area contributed by atoms with Gasteiger partial charge in [-0.2, -0.15) is 0 Å². The standard InChI is InChI=1S/C56H35NO/c1-5-17-44-36(12-1)16-11-23-45(44)38-24-27-41(28-25-38)57(42-29-31-51-52-30-26-37-13-2-8-20-48(37)56(52)58-55(51)35-42)43-32-39-14-3-7-19-47(39)54(34-43)53-33-40-15-4-6-18-46(40)49-21-9-10-22-50(49)53/h1-35H. The molecule has 0 bridgehead atoms. The predicted octanol–water partition coefficient (Wildman–Crippen LogP) is 16.2. The normalized spacial score (nSPS) is 11.8. The number of furan rings is 1. The van der Waals surface area contributed by atoms with Crippen LogP contribution < -0.4 is 4.90 Å². The average Bonchev–Trinajstić information content (AvgIpc) is 3.67. The van der Waals surface area contributed by atoms with Crippen molar-refractivity contribution in [1.29, 1.82) is 0 Å². The van der Waals surface area contributed by atoms with E-state index in [0.29, 0.717) is 0 Å². The average molecular weight is 738 g/mol. The maximum Gasteiger partial charge on any atom is 0.143 e. The molecule has 11 aromatic carbocycles. The third-order valence-corrected chi connectivity index (χ3v) is 12.0. The molecular weight excluding hydrogens is 703 g/mol. The summed E-state index contributed by atoms with van der Waals surface area (Å²) in [6, 6.07) is 77.1. The topological polar surface area (TPSA) is 16.4 Å². The molecule has 0 unspecified atom stereocenters. The summed E-state index contributed by atoms with van der Waals surface area (Å²) in [5, 5.41) is 14.4. The molecule has 0 atom stereocenters. The van der Waals surface area contributed by atoms with Crippen LogP contribution in [0.4, 0.5) is 17.1 Å². The lowest BCUT2D eigenvalue weighted by Crippen LogP contribution is -2.10. The molecule has 2 heteroatoms. The molecule has 0 aliphatic rings. The van der Waals surface area contributed by atoms with Gasteiger partial charge in [-0.25, -0.2) is 0 Å². The van der Waals surface area contributed by atoms with E-state index in [1.54, 1.807) is 0 Å². The van der Waals surface area contributed by atoms with Crippen molar-refractivity contribution in [2.45, 2.75) is 0 Å². The van der Waals surface area contributed by atoms with E-state index >= 15 is 0 Å². The van der Waals surface area contributed by atoms with Crippen LogP contribution in [0.1, 0.15) is 0 Å². The van der Waals surface area contributed by atoms with E-state index in [4.69, 9.17) is 4.42 Å². The zero-order chi connectivity index (χ0) is 38.2. The van der Waals surface area contributed by atoms with E-state index in [0.717, 1.165) is 44.4 Å². The summed E-state index contributed by atoms with van der Waals surface area (Å²) in [4.78, 5) is 2.39. The molecule has 12 rings (SSSR count). The van der Waals surface area contributed by atoms with Crippen molar-refractivity contribution in [1.82, 2.24) is 0 Å². The number of benzene rings is 11. The first-order valence-electron chi connectivity index (χ1n) is 19.9. The second-order valence-electron chi connectivity index (χ2n) is 15.3. The molecule has 270 valence electrons. The second-order valence-corrected chi connectivity index (χ2v) is 15.3. The molecule has 0 aliphatic heterocycles. The zero-order valence-electron chi connectivity index (χ0n) is 31.6. The van der Waals surface area contributed by atoms with Gasteiger partial charge < -0.3 is 9.32 Å². The lowest BCUT2D eigenvalue weighted by molar-refractivity contribution is 0.672. The summed E-state index contributed by atoms with van der Waals surface area (Å²) in [6.45, 7) is 0. The summed E-state index contributed by atoms with van der Waals surface area (Å²) >= 11 is 0. The molecule has 0 fully saturated rings. The zero-order valence-corrected chi connectivity index (χ0v) is 31.6. The molecule has 58 heavy (non-hydrogen) atoms. The van der Waals surface area contributed by atoms with Crippen molar-refractivity contribution in [3.8, 4) is 22.3 Å². The lowest BCUT2D eigenvalue weighted by Gasteiger charge is -2.27. The Balaban J connectivity index is 1.10. The highest BCUT2D eigenvalue weighted by molar-refractivity contribution is 6.18. The minimum Gasteiger partial charge on any atom is -0.455 e. The highest BCUT2D eigenvalue weighted by Crippen LogP contribution is 2.45. The highest BCUT2D eigenvalue weighted by Gasteiger charge is 2.20. The van der Waals surface area contributed by atoms with Crippen LogP contribution in [0.3, 0.4) is 0 Å². The van der Waals surface area contributed by atoms with Crippen molar-refractivity contribution in [3.63, 3.8) is 0 Å². The molecule has 0 saturated carbocycles. The lowest BCUT2D eigenvalue weighted by atomic mass is 9.90. The largest absolute Gasteiger partial charge is 0.455 e. The first kappa shape index (κ1) is 32.6. The molecule has 0 spiro atoms. The summed E-state index contributed by atoms with van der Waals surface area (Å²) < 4.78 is 6.77. The number of hydrogen-bond acceptors (Lipinski definition) is 2. The van der Waals surface area contributed by atoms with E-state index in [2.05, 4.69) is 217 Å². The molecule has 0 aliphatic carbocycles. The van der Waals surface area contributed by atoms with Crippen LogP contribution in [0.15, 0.2) is 217 Å². The summed E-state index contributed by atoms with van der Waals surface area (Å²) in [7, 11) is 0. The van der Waals surface area contributed by atoms with Crippen molar-refractivity contribution >= 4 is 92.9 Å². The van der Waals surface area contributed by atoms with Gasteiger partial charge >= 0.3 is 0 Å². The van der Waals surface area contributed by atoms with Crippen LogP contribution >= 0.6 is 0 Å². The van der Waals surface area contributed by atoms with Gasteiger partial charge in [-0.15, -0.1) is 0 Å². The number of fused-ring (bicyclic) bond motifs is 10. The van der Waals surface area contributed by atoms with Gasteiger partial charge in [0.25, 0.3) is 0 Å². The molecule has 1 aromatic heterocycles. The smallest absolute Gasteiger partial charge is 0.143 e. The maximum absolute atomic E-state index is 6.77. The monoisotopic (exact) mass is 737 g/mol. The summed E-state index contributed by atoms with van der Waals surface area (Å²) in [6.07, 6.45) is 0. The number of hydrogen-bond donors (Lipinski definition) is 0. The fourth-order valence-electron chi connectivity index (χ4n) is 9.27. The Bertz CT molecular complexity index is 3570. The minimum atomic E-state index is 0.864. The van der Waals surface area contributed by atoms with Crippen LogP contribution in [0.5, 0.6) is 0 Å². The van der Waals surface area contributed by atoms with Crippen molar-refractivity contribution < 1.29 is 4.42 Å². The van der Waals surface area contributed by atoms with Crippen LogP contribution in [0, 0.1) is 0 Å². The third kappa shape index (κ3) is 5.12. The van der Waals surface area contributed by atoms with Gasteiger partial charge in [-0.05, 0) is 119 Å². The fraction of sp³-hybridized carbons (Fsp3) is 0. The van der Waals surface area contributed by atoms with Gasteiger partial charge in [0.2, 0.25) is 0 Å². The predicted molar refractivity (Wildman–Crippen MR) is 247 cm³/mol. The number of nitrogens with zero attached hydrogens (tertiary/aromatic N) is 1. The fourth-order valence-corrected chi connectivity index (χ4v) is 9.27. The van der Waals surface area contributed by atoms with Crippen molar-refractivity contribution in [2.75, 3.05) is 4.90 Å². The molecule has 0 N–H and O–H groups in total. The molecule has 1 heterocycles. The Morgan fingerprint density at radius 3 is 1.60 bits per heavy atom. The Labute approximate surface area is 335 Å². The van der Waals surface area contributed by atoms with E-state index in [9.17, 15) is 0 Å². The van der Waals surface area contributed by atoms with Crippen LogP contribution in [0.25, 0.3) is 98.1 Å². The van der Waals surface area contributed by atoms with Gasteiger partial charge in [0, 0.05) is 39.3 Å². The van der Waals surface area contributed by atoms with Gasteiger partial charge in [0.1, 0.15) is 11.2 Å². The van der Waals surface area contributed by atoms with Crippen LogP contribution in [-0.4, -0.2) is 0 Å². The SMILES string of the molecule is c1ccc2c(-c3ccc(N(c4cc(-c5cc6ccccc6c6ccccc56)c5ccccc5c4)c4ccc5c(c4)oc4c6ccccc6ccc54)cc3)cccc2c1. The van der Waals surface area contributed by atoms with Gasteiger partial charge in [0.15, 0.2) is 0 Å². The molecule has 0 amide bonds. The van der Waals surface area contributed by atoms with Gasteiger partial charge in [-0.1, -0.05) is 158 Å². The Hall–Kier alpha value is -7.68. The minimum absolute atomic E-state index is 0.864. The van der Waals surface area contributed by atoms with Gasteiger partial charge in [0.05, 0.1) is 0 Å². The Kier molecular flexibility index (Phi) is 7.26. The first-order chi connectivity index (χ1) is 28.7. The van der Waals surface area contributed by atoms with Crippen LogP contribution in [-0.2, 0) is 0 Å². The molecule has 0 saturated heterocycles. The first-order valence-corrected chi connectivity index (χ1v) is 19.9. The summed E-state index contributed by atoms with van der Waals surface area (Å²) in [5.74, 6) is 0. The Morgan fingerprint density at radius 2 is 0.828 bits per heavy atom. The molecule has 0 radical (unpaired) electrons. The van der Waals surface area contributed by atoms with E-state index in [-0.39, 0.29) is 0 Å². The van der Waals surface area contributed by atoms with E-state index < -0.39 is 0 Å². The number of rotatable bonds is 5. The second kappa shape index (κ2) is 12.9. The van der Waals surface area contributed by atoms with E-state index in [1.807, 2.05) is 0 Å². The molecular formula is C56H35NO. The third-order valence-electron chi connectivity index (χ3n) is 12.0. The van der Waals surface area contributed by atoms with Crippen molar-refractivity contribution in [2.24, 2.45) is 0 Å². The van der Waals surface area contributed by atoms with Crippen LogP contribution in [0.2, 0.25) is 0 Å². The highest BCUT2D eigenvalue weighted by atomic mass is 16.3. The molecule has 2 nitrogen and oxygen atoms in total. The van der Waals surface area contributed by atoms with Crippen molar-refractivity contribution in [3.05, 3.63) is 212 Å². The maximum atomic E-state index is 6.77. The van der Waals surface area contributed by atoms with Gasteiger partial charge in [-0.3, -0.25) is 0 Å². The number of anilines is 3. The van der Waals surface area contributed by atoms with E-state index in [1.165, 1.54) is 70.7 Å². The summed E-state index contributed by atoms with van der Waals surface area (Å²) in [5.41, 5.74) is 9.78. The Morgan fingerprint density at radius 1 is 0.276 bits per heavy atom.